The second kappa shape index (κ2) is 5.21. The van der Waals surface area contributed by atoms with Gasteiger partial charge in [0.2, 0.25) is 5.52 Å². The summed E-state index contributed by atoms with van der Waals surface area (Å²) in [6.45, 7) is 1.93. The van der Waals surface area contributed by atoms with Gasteiger partial charge >= 0.3 is 0 Å². The molecule has 0 amide bonds. The van der Waals surface area contributed by atoms with Crippen LogP contribution in [0.15, 0.2) is 42.5 Å². The summed E-state index contributed by atoms with van der Waals surface area (Å²) >= 11 is 18.5. The van der Waals surface area contributed by atoms with Gasteiger partial charge in [-0.05, 0) is 35.9 Å². The van der Waals surface area contributed by atoms with Gasteiger partial charge in [0.15, 0.2) is 0 Å². The van der Waals surface area contributed by atoms with Crippen LogP contribution in [0.4, 0.5) is 0 Å². The van der Waals surface area contributed by atoms with Gasteiger partial charge in [-0.2, -0.15) is 0 Å². The Bertz CT molecular complexity index is 792. The van der Waals surface area contributed by atoms with Crippen molar-refractivity contribution < 1.29 is 4.68 Å². The molecule has 20 heavy (non-hydrogen) atoms. The molecule has 0 saturated heterocycles. The third-order valence-corrected chi connectivity index (χ3v) is 3.77. The lowest BCUT2D eigenvalue weighted by atomic mass is 10.2. The molecule has 1 aromatic heterocycles. The maximum atomic E-state index is 6.29. The van der Waals surface area contributed by atoms with Crippen LogP contribution in [0.3, 0.4) is 0 Å². The van der Waals surface area contributed by atoms with Gasteiger partial charge in [0, 0.05) is 16.2 Å². The van der Waals surface area contributed by atoms with Gasteiger partial charge in [-0.15, -0.1) is 0 Å². The maximum absolute atomic E-state index is 6.29. The third kappa shape index (κ3) is 2.35. The fourth-order valence-electron chi connectivity index (χ4n) is 2.18. The molecular weight excluding hydrogens is 315 g/mol. The largest absolute Gasteiger partial charge is 0.275 e. The number of halogens is 3. The van der Waals surface area contributed by atoms with Crippen molar-refractivity contribution in [3.63, 3.8) is 0 Å². The van der Waals surface area contributed by atoms with Crippen LogP contribution in [0.25, 0.3) is 16.6 Å². The van der Waals surface area contributed by atoms with E-state index in [4.69, 9.17) is 34.8 Å². The highest BCUT2D eigenvalue weighted by molar-refractivity contribution is 6.40. The summed E-state index contributed by atoms with van der Waals surface area (Å²) in [6, 6.07) is 13.3. The Morgan fingerprint density at radius 3 is 2.30 bits per heavy atom. The van der Waals surface area contributed by atoms with E-state index >= 15 is 0 Å². The van der Waals surface area contributed by atoms with E-state index in [-0.39, 0.29) is 0 Å². The number of aromatic nitrogens is 2. The molecule has 0 aliphatic carbocycles. The summed E-state index contributed by atoms with van der Waals surface area (Å²) in [4.78, 5) is 0. The lowest BCUT2D eigenvalue weighted by Crippen LogP contribution is -2.37. The molecule has 0 atom stereocenters. The predicted molar refractivity (Wildman–Crippen MR) is 83.0 cm³/mol. The van der Waals surface area contributed by atoms with Crippen LogP contribution in [-0.4, -0.2) is 5.10 Å². The van der Waals surface area contributed by atoms with Crippen LogP contribution < -0.4 is 4.68 Å². The van der Waals surface area contributed by atoms with E-state index in [1.165, 1.54) is 0 Å². The Balaban J connectivity index is 2.41. The SMILES string of the molecule is Cc1cc2ccccc2[n+](-c2c(Cl)cc(Cl)cc2Cl)n1. The quantitative estimate of drug-likeness (QED) is 0.589. The first-order chi connectivity index (χ1) is 9.56. The first-order valence-electron chi connectivity index (χ1n) is 6.00. The number of rotatable bonds is 1. The summed E-state index contributed by atoms with van der Waals surface area (Å²) in [7, 11) is 0. The molecule has 3 aromatic rings. The Labute approximate surface area is 131 Å². The van der Waals surface area contributed by atoms with E-state index in [1.54, 1.807) is 16.8 Å². The molecule has 3 rings (SSSR count). The van der Waals surface area contributed by atoms with Crippen molar-refractivity contribution in [3.8, 4) is 5.69 Å². The zero-order valence-corrected chi connectivity index (χ0v) is 12.8. The van der Waals surface area contributed by atoms with E-state index in [9.17, 15) is 0 Å². The van der Waals surface area contributed by atoms with Crippen molar-refractivity contribution in [1.29, 1.82) is 0 Å². The molecule has 0 saturated carbocycles. The van der Waals surface area contributed by atoms with Gasteiger partial charge in [0.1, 0.15) is 15.7 Å². The molecule has 0 fully saturated rings. The zero-order chi connectivity index (χ0) is 14.3. The van der Waals surface area contributed by atoms with E-state index < -0.39 is 0 Å². The molecule has 5 heteroatoms. The van der Waals surface area contributed by atoms with Gasteiger partial charge in [-0.3, -0.25) is 0 Å². The molecule has 0 aliphatic heterocycles. The smallest absolute Gasteiger partial charge is 0.0842 e. The molecule has 0 aliphatic rings. The average Bonchev–Trinajstić information content (AvgIpc) is 2.37. The topological polar surface area (TPSA) is 16.8 Å². The zero-order valence-electron chi connectivity index (χ0n) is 10.6. The number of fused-ring (bicyclic) bond motifs is 1. The minimum absolute atomic E-state index is 0.468. The Morgan fingerprint density at radius 1 is 0.950 bits per heavy atom. The Morgan fingerprint density at radius 2 is 1.60 bits per heavy atom. The van der Waals surface area contributed by atoms with Crippen LogP contribution in [0.1, 0.15) is 5.69 Å². The monoisotopic (exact) mass is 323 g/mol. The number of hydrogen-bond acceptors (Lipinski definition) is 1. The first kappa shape index (κ1) is 13.6. The minimum atomic E-state index is 0.468. The molecule has 2 aromatic carbocycles. The highest BCUT2D eigenvalue weighted by Crippen LogP contribution is 2.29. The Kier molecular flexibility index (Phi) is 3.55. The molecule has 100 valence electrons. The number of nitrogens with zero attached hydrogens (tertiary/aromatic N) is 2. The van der Waals surface area contributed by atoms with Gasteiger partial charge < -0.3 is 0 Å². The first-order valence-corrected chi connectivity index (χ1v) is 7.13. The fourth-order valence-corrected chi connectivity index (χ4v) is 3.15. The lowest BCUT2D eigenvalue weighted by molar-refractivity contribution is -0.633. The summed E-state index contributed by atoms with van der Waals surface area (Å²) in [5.74, 6) is 0. The minimum Gasteiger partial charge on any atom is -0.0842 e. The fraction of sp³-hybridized carbons (Fsp3) is 0.0667. The average molecular weight is 325 g/mol. The van der Waals surface area contributed by atoms with E-state index in [2.05, 4.69) is 5.10 Å². The highest BCUT2D eigenvalue weighted by atomic mass is 35.5. The Hall–Kier alpha value is -1.35. The normalized spacial score (nSPS) is 11.0. The molecule has 1 heterocycles. The molecular formula is C15H10Cl3N2+. The van der Waals surface area contributed by atoms with Crippen molar-refractivity contribution >= 4 is 45.7 Å². The van der Waals surface area contributed by atoms with Crippen molar-refractivity contribution in [1.82, 2.24) is 5.10 Å². The molecule has 0 N–H and O–H groups in total. The summed E-state index contributed by atoms with van der Waals surface area (Å²) in [5, 5.41) is 7.04. The van der Waals surface area contributed by atoms with Crippen LogP contribution in [0.2, 0.25) is 15.1 Å². The van der Waals surface area contributed by atoms with Crippen LogP contribution >= 0.6 is 34.8 Å². The van der Waals surface area contributed by atoms with E-state index in [1.807, 2.05) is 37.3 Å². The highest BCUT2D eigenvalue weighted by Gasteiger charge is 2.23. The third-order valence-electron chi connectivity index (χ3n) is 2.98. The lowest BCUT2D eigenvalue weighted by Gasteiger charge is -2.04. The number of benzene rings is 2. The van der Waals surface area contributed by atoms with Crippen LogP contribution in [0.5, 0.6) is 0 Å². The molecule has 2 nitrogen and oxygen atoms in total. The van der Waals surface area contributed by atoms with Gasteiger partial charge in [-0.25, -0.2) is 0 Å². The van der Waals surface area contributed by atoms with Gasteiger partial charge in [-0.1, -0.05) is 46.9 Å². The molecule has 0 spiro atoms. The van der Waals surface area contributed by atoms with Crippen molar-refractivity contribution in [2.24, 2.45) is 0 Å². The summed E-state index contributed by atoms with van der Waals surface area (Å²) in [6.07, 6.45) is 0. The molecule has 0 bridgehead atoms. The second-order valence-electron chi connectivity index (χ2n) is 4.47. The standard InChI is InChI=1S/C15H10Cl3N2/c1-9-6-10-4-2-3-5-14(10)20(19-9)15-12(17)7-11(16)8-13(15)18/h2-8H,1H3/q+1. The molecule has 0 unspecified atom stereocenters. The number of aryl methyl sites for hydroxylation is 1. The van der Waals surface area contributed by atoms with Gasteiger partial charge in [0.05, 0.1) is 5.39 Å². The second-order valence-corrected chi connectivity index (χ2v) is 5.73. The number of para-hydroxylation sites is 1. The maximum Gasteiger partial charge on any atom is 0.275 e. The molecule has 0 radical (unpaired) electrons. The van der Waals surface area contributed by atoms with Crippen LogP contribution in [0, 0.1) is 6.92 Å². The van der Waals surface area contributed by atoms with Gasteiger partial charge in [0.25, 0.3) is 5.69 Å². The number of hydrogen-bond donors (Lipinski definition) is 0. The summed E-state index contributed by atoms with van der Waals surface area (Å²) in [5.41, 5.74) is 2.45. The summed E-state index contributed by atoms with van der Waals surface area (Å²) < 4.78 is 1.76. The van der Waals surface area contributed by atoms with Crippen molar-refractivity contribution in [2.75, 3.05) is 0 Å². The van der Waals surface area contributed by atoms with E-state index in [0.717, 1.165) is 16.6 Å². The van der Waals surface area contributed by atoms with Crippen LogP contribution in [-0.2, 0) is 0 Å². The predicted octanol–water partition coefficient (Wildman–Crippen LogP) is 4.78. The van der Waals surface area contributed by atoms with Crippen molar-refractivity contribution in [2.45, 2.75) is 6.92 Å². The van der Waals surface area contributed by atoms with E-state index in [0.29, 0.717) is 20.8 Å². The van der Waals surface area contributed by atoms with Crippen molar-refractivity contribution in [3.05, 3.63) is 63.2 Å².